The fourth-order valence-electron chi connectivity index (χ4n) is 1.87. The molecule has 5 nitrogen and oxygen atoms in total. The summed E-state index contributed by atoms with van der Waals surface area (Å²) in [6, 6.07) is 7.17. The molecule has 0 aliphatic heterocycles. The van der Waals surface area contributed by atoms with Gasteiger partial charge in [-0.3, -0.25) is 4.79 Å². The van der Waals surface area contributed by atoms with E-state index < -0.39 is 0 Å². The number of rotatable bonds is 5. The van der Waals surface area contributed by atoms with Crippen LogP contribution in [0.1, 0.15) is 12.1 Å². The number of nitrogens with zero attached hydrogens (tertiary/aromatic N) is 2. The fraction of sp³-hybridized carbons (Fsp3) is 0.267. The zero-order valence-corrected chi connectivity index (χ0v) is 13.3. The third kappa shape index (κ3) is 3.79. The number of carbonyl (C=O) groups is 1. The predicted molar refractivity (Wildman–Crippen MR) is 85.2 cm³/mol. The number of fused-ring (bicyclic) bond motifs is 1. The van der Waals surface area contributed by atoms with Crippen LogP contribution in [0, 0.1) is 18.3 Å². The Morgan fingerprint density at radius 2 is 2.18 bits per heavy atom. The molecule has 7 heteroatoms. The molecule has 1 aromatic carbocycles. The molecular weight excluding hydrogens is 325 g/mol. The van der Waals surface area contributed by atoms with Gasteiger partial charge in [-0.05, 0) is 25.1 Å². The summed E-state index contributed by atoms with van der Waals surface area (Å²) in [6.45, 7) is 1.91. The summed E-state index contributed by atoms with van der Waals surface area (Å²) in [7, 11) is 0. The number of amides is 1. The van der Waals surface area contributed by atoms with Crippen LogP contribution in [-0.2, 0) is 4.79 Å². The molecule has 114 valence electrons. The standard InChI is InChI=1S/C15H13Cl2N3O2/c1-9-3-4-10-11(16)7-12(17)15(14(10)20-9)22-8-13(21)19-6-2-5-18/h3-4,7H,2,6,8H2,1H3,(H,19,21). The highest BCUT2D eigenvalue weighted by molar-refractivity contribution is 6.39. The van der Waals surface area contributed by atoms with Gasteiger partial charge in [0.2, 0.25) is 0 Å². The number of pyridine rings is 1. The van der Waals surface area contributed by atoms with E-state index in [1.807, 2.05) is 25.1 Å². The molecule has 1 aromatic heterocycles. The van der Waals surface area contributed by atoms with Crippen molar-refractivity contribution < 1.29 is 9.53 Å². The monoisotopic (exact) mass is 337 g/mol. The molecule has 0 aliphatic carbocycles. The lowest BCUT2D eigenvalue weighted by Gasteiger charge is -2.12. The van der Waals surface area contributed by atoms with Crippen LogP contribution in [-0.4, -0.2) is 24.0 Å². The molecule has 1 amide bonds. The van der Waals surface area contributed by atoms with Gasteiger partial charge in [0.15, 0.2) is 12.4 Å². The van der Waals surface area contributed by atoms with Gasteiger partial charge in [0.25, 0.3) is 5.91 Å². The van der Waals surface area contributed by atoms with Gasteiger partial charge >= 0.3 is 0 Å². The number of aryl methyl sites for hydroxylation is 1. The Labute approximate surface area is 137 Å². The van der Waals surface area contributed by atoms with Gasteiger partial charge in [0.05, 0.1) is 22.5 Å². The Hall–Kier alpha value is -2.03. The van der Waals surface area contributed by atoms with Crippen molar-refractivity contribution in [2.75, 3.05) is 13.2 Å². The first kappa shape index (κ1) is 16.3. The normalized spacial score (nSPS) is 10.3. The summed E-state index contributed by atoms with van der Waals surface area (Å²) in [5, 5.41) is 12.5. The van der Waals surface area contributed by atoms with Crippen molar-refractivity contribution in [3.05, 3.63) is 33.9 Å². The molecule has 0 fully saturated rings. The maximum absolute atomic E-state index is 11.6. The lowest BCUT2D eigenvalue weighted by molar-refractivity contribution is -0.123. The Morgan fingerprint density at radius 1 is 1.41 bits per heavy atom. The van der Waals surface area contributed by atoms with Gasteiger partial charge in [0.1, 0.15) is 5.52 Å². The zero-order chi connectivity index (χ0) is 16.1. The largest absolute Gasteiger partial charge is 0.480 e. The second-order valence-electron chi connectivity index (χ2n) is 4.56. The third-order valence-corrected chi connectivity index (χ3v) is 3.48. The van der Waals surface area contributed by atoms with Crippen LogP contribution in [0.15, 0.2) is 18.2 Å². The van der Waals surface area contributed by atoms with Gasteiger partial charge < -0.3 is 10.1 Å². The van der Waals surface area contributed by atoms with Crippen molar-refractivity contribution in [1.29, 1.82) is 5.26 Å². The maximum Gasteiger partial charge on any atom is 0.257 e. The second-order valence-corrected chi connectivity index (χ2v) is 5.38. The molecule has 0 unspecified atom stereocenters. The number of carbonyl (C=O) groups excluding carboxylic acids is 1. The lowest BCUT2D eigenvalue weighted by atomic mass is 10.2. The predicted octanol–water partition coefficient (Wildman–Crippen LogP) is 3.26. The van der Waals surface area contributed by atoms with Gasteiger partial charge in [-0.1, -0.05) is 23.2 Å². The Kier molecular flexibility index (Phi) is 5.42. The van der Waals surface area contributed by atoms with Crippen LogP contribution in [0.3, 0.4) is 0 Å². The van der Waals surface area contributed by atoms with E-state index in [0.717, 1.165) is 5.69 Å². The van der Waals surface area contributed by atoms with E-state index in [1.54, 1.807) is 6.07 Å². The molecule has 0 bridgehead atoms. The SMILES string of the molecule is Cc1ccc2c(Cl)cc(Cl)c(OCC(=O)NCCC#N)c2n1. The minimum Gasteiger partial charge on any atom is -0.480 e. The van der Waals surface area contributed by atoms with Gasteiger partial charge in [-0.25, -0.2) is 4.98 Å². The number of ether oxygens (including phenoxy) is 1. The van der Waals surface area contributed by atoms with Crippen molar-refractivity contribution in [2.45, 2.75) is 13.3 Å². The van der Waals surface area contributed by atoms with Crippen molar-refractivity contribution >= 4 is 40.0 Å². The molecule has 1 heterocycles. The van der Waals surface area contributed by atoms with E-state index in [2.05, 4.69) is 10.3 Å². The average molecular weight is 338 g/mol. The topological polar surface area (TPSA) is 75.0 Å². The molecule has 0 atom stereocenters. The lowest BCUT2D eigenvalue weighted by Crippen LogP contribution is -2.29. The number of hydrogen-bond donors (Lipinski definition) is 1. The van der Waals surface area contributed by atoms with E-state index >= 15 is 0 Å². The van der Waals surface area contributed by atoms with Crippen LogP contribution in [0.25, 0.3) is 10.9 Å². The summed E-state index contributed by atoms with van der Waals surface area (Å²) >= 11 is 12.3. The molecular formula is C15H13Cl2N3O2. The quantitative estimate of drug-likeness (QED) is 0.849. The first-order chi connectivity index (χ1) is 10.5. The number of benzene rings is 1. The van der Waals surface area contributed by atoms with Gasteiger partial charge in [0, 0.05) is 17.6 Å². The molecule has 1 N–H and O–H groups in total. The summed E-state index contributed by atoms with van der Waals surface area (Å²) in [5.74, 6) is -0.0118. The van der Waals surface area contributed by atoms with E-state index in [1.165, 1.54) is 0 Å². The van der Waals surface area contributed by atoms with E-state index in [-0.39, 0.29) is 25.5 Å². The van der Waals surface area contributed by atoms with E-state index in [0.29, 0.717) is 26.7 Å². The van der Waals surface area contributed by atoms with Crippen LogP contribution < -0.4 is 10.1 Å². The molecule has 2 rings (SSSR count). The average Bonchev–Trinajstić information content (AvgIpc) is 2.47. The van der Waals surface area contributed by atoms with Crippen molar-refractivity contribution in [3.8, 4) is 11.8 Å². The number of aromatic nitrogens is 1. The highest BCUT2D eigenvalue weighted by atomic mass is 35.5. The van der Waals surface area contributed by atoms with Crippen molar-refractivity contribution in [1.82, 2.24) is 10.3 Å². The smallest absolute Gasteiger partial charge is 0.257 e. The number of hydrogen-bond acceptors (Lipinski definition) is 4. The van der Waals surface area contributed by atoms with Gasteiger partial charge in [-0.15, -0.1) is 0 Å². The molecule has 0 aliphatic rings. The second kappa shape index (κ2) is 7.30. The molecule has 0 saturated carbocycles. The van der Waals surface area contributed by atoms with Crippen LogP contribution in [0.5, 0.6) is 5.75 Å². The van der Waals surface area contributed by atoms with Crippen LogP contribution in [0.4, 0.5) is 0 Å². The molecule has 0 saturated heterocycles. The first-order valence-corrected chi connectivity index (χ1v) is 7.30. The number of nitriles is 1. The molecule has 0 radical (unpaired) electrons. The highest BCUT2D eigenvalue weighted by Crippen LogP contribution is 2.37. The van der Waals surface area contributed by atoms with Crippen LogP contribution >= 0.6 is 23.2 Å². The summed E-state index contributed by atoms with van der Waals surface area (Å²) in [5.41, 5.74) is 1.30. The molecule has 22 heavy (non-hydrogen) atoms. The minimum atomic E-state index is -0.331. The van der Waals surface area contributed by atoms with Crippen LogP contribution in [0.2, 0.25) is 10.0 Å². The molecule has 0 spiro atoms. The Morgan fingerprint density at radius 3 is 2.91 bits per heavy atom. The number of halogens is 2. The summed E-state index contributed by atoms with van der Waals surface area (Å²) in [6.07, 6.45) is 0.247. The first-order valence-electron chi connectivity index (χ1n) is 6.54. The minimum absolute atomic E-state index is 0.211. The van der Waals surface area contributed by atoms with Crippen molar-refractivity contribution in [3.63, 3.8) is 0 Å². The van der Waals surface area contributed by atoms with Crippen molar-refractivity contribution in [2.24, 2.45) is 0 Å². The summed E-state index contributed by atoms with van der Waals surface area (Å²) in [4.78, 5) is 16.0. The fourth-order valence-corrected chi connectivity index (χ4v) is 2.44. The third-order valence-electron chi connectivity index (χ3n) is 2.88. The number of nitrogens with one attached hydrogen (secondary N) is 1. The highest BCUT2D eigenvalue weighted by Gasteiger charge is 2.14. The summed E-state index contributed by atoms with van der Waals surface area (Å²) < 4.78 is 5.50. The van der Waals surface area contributed by atoms with E-state index in [4.69, 9.17) is 33.2 Å². The van der Waals surface area contributed by atoms with Gasteiger partial charge in [-0.2, -0.15) is 5.26 Å². The Bertz CT molecular complexity index is 757. The maximum atomic E-state index is 11.6. The Balaban J connectivity index is 2.22. The molecule has 2 aromatic rings. The zero-order valence-electron chi connectivity index (χ0n) is 11.8. The van der Waals surface area contributed by atoms with E-state index in [9.17, 15) is 4.79 Å².